The van der Waals surface area contributed by atoms with Gasteiger partial charge in [0.05, 0.1) is 17.8 Å². The van der Waals surface area contributed by atoms with Crippen molar-refractivity contribution in [2.75, 3.05) is 6.61 Å². The molecule has 0 bridgehead atoms. The number of ketones is 1. The minimum absolute atomic E-state index is 0.0899. The normalized spacial score (nSPS) is 10.5. The molecule has 0 aliphatic rings. The smallest absolute Gasteiger partial charge is 0.310 e. The van der Waals surface area contributed by atoms with Crippen molar-refractivity contribution < 1.29 is 14.3 Å². The molecule has 0 aliphatic carbocycles. The lowest BCUT2D eigenvalue weighted by Gasteiger charge is -2.06. The number of para-hydroxylation sites is 1. The van der Waals surface area contributed by atoms with Gasteiger partial charge >= 0.3 is 5.97 Å². The van der Waals surface area contributed by atoms with Crippen molar-refractivity contribution in [3.8, 4) is 5.69 Å². The lowest BCUT2D eigenvalue weighted by Crippen LogP contribution is -2.16. The van der Waals surface area contributed by atoms with Crippen molar-refractivity contribution in [3.63, 3.8) is 0 Å². The molecule has 5 nitrogen and oxygen atoms in total. The van der Waals surface area contributed by atoms with E-state index in [0.29, 0.717) is 5.56 Å². The van der Waals surface area contributed by atoms with Gasteiger partial charge in [-0.15, -0.1) is 0 Å². The zero-order chi connectivity index (χ0) is 18.5. The number of Topliss-reactive ketones (excluding diaryl/α,β-unsaturated/α-hetero) is 1. The monoisotopic (exact) mass is 348 g/mol. The van der Waals surface area contributed by atoms with Crippen LogP contribution in [0.25, 0.3) is 5.69 Å². The van der Waals surface area contributed by atoms with E-state index in [1.807, 2.05) is 54.9 Å². The zero-order valence-corrected chi connectivity index (χ0v) is 14.8. The van der Waals surface area contributed by atoms with Gasteiger partial charge in [0.15, 0.2) is 12.4 Å². The van der Waals surface area contributed by atoms with Crippen LogP contribution in [-0.2, 0) is 16.0 Å². The Balaban J connectivity index is 1.66. The van der Waals surface area contributed by atoms with Gasteiger partial charge in [-0.05, 0) is 26.0 Å². The summed E-state index contributed by atoms with van der Waals surface area (Å²) in [5.74, 6) is -0.652. The molecule has 1 aromatic heterocycles. The molecule has 0 amide bonds. The summed E-state index contributed by atoms with van der Waals surface area (Å²) in [5, 5.41) is 4.52. The molecule has 132 valence electrons. The lowest BCUT2D eigenvalue weighted by molar-refractivity contribution is -0.141. The van der Waals surface area contributed by atoms with Gasteiger partial charge in [-0.2, -0.15) is 5.10 Å². The fourth-order valence-electron chi connectivity index (χ4n) is 2.80. The molecule has 3 rings (SSSR count). The number of benzene rings is 2. The van der Waals surface area contributed by atoms with E-state index in [-0.39, 0.29) is 18.8 Å². The number of aromatic nitrogens is 2. The van der Waals surface area contributed by atoms with Crippen molar-refractivity contribution >= 4 is 11.8 Å². The molecule has 3 aromatic rings. The van der Waals surface area contributed by atoms with Gasteiger partial charge in [0, 0.05) is 16.8 Å². The third-order valence-electron chi connectivity index (χ3n) is 4.22. The topological polar surface area (TPSA) is 61.2 Å². The third kappa shape index (κ3) is 3.88. The average Bonchev–Trinajstić information content (AvgIpc) is 2.95. The molecule has 5 heteroatoms. The molecule has 0 saturated heterocycles. The molecule has 0 spiro atoms. The number of carbonyl (C=O) groups is 2. The molecule has 0 N–H and O–H groups in total. The minimum Gasteiger partial charge on any atom is -0.457 e. The summed E-state index contributed by atoms with van der Waals surface area (Å²) in [6.45, 7) is 3.53. The van der Waals surface area contributed by atoms with E-state index in [1.165, 1.54) is 0 Å². The zero-order valence-electron chi connectivity index (χ0n) is 14.8. The van der Waals surface area contributed by atoms with Crippen LogP contribution in [-0.4, -0.2) is 28.1 Å². The van der Waals surface area contributed by atoms with Gasteiger partial charge in [-0.25, -0.2) is 4.68 Å². The molecular weight excluding hydrogens is 328 g/mol. The second kappa shape index (κ2) is 7.78. The predicted molar refractivity (Wildman–Crippen MR) is 98.5 cm³/mol. The molecule has 26 heavy (non-hydrogen) atoms. The van der Waals surface area contributed by atoms with Crippen LogP contribution in [0.4, 0.5) is 0 Å². The van der Waals surface area contributed by atoms with Gasteiger partial charge in [0.25, 0.3) is 0 Å². The van der Waals surface area contributed by atoms with Crippen LogP contribution in [0.5, 0.6) is 0 Å². The molecule has 0 saturated carbocycles. The van der Waals surface area contributed by atoms with Crippen molar-refractivity contribution in [2.45, 2.75) is 20.3 Å². The molecule has 2 aromatic carbocycles. The van der Waals surface area contributed by atoms with Crippen molar-refractivity contribution in [3.05, 3.63) is 83.2 Å². The van der Waals surface area contributed by atoms with Crippen molar-refractivity contribution in [1.82, 2.24) is 9.78 Å². The highest BCUT2D eigenvalue weighted by atomic mass is 16.5. The van der Waals surface area contributed by atoms with Crippen LogP contribution >= 0.6 is 0 Å². The SMILES string of the molecule is Cc1nn(-c2ccccc2)c(C)c1CC(=O)OCC(=O)c1ccccc1. The van der Waals surface area contributed by atoms with Crippen LogP contribution in [0.1, 0.15) is 27.3 Å². The van der Waals surface area contributed by atoms with E-state index in [1.54, 1.807) is 24.3 Å². The van der Waals surface area contributed by atoms with E-state index in [9.17, 15) is 9.59 Å². The highest BCUT2D eigenvalue weighted by molar-refractivity contribution is 5.97. The largest absolute Gasteiger partial charge is 0.457 e. The number of aryl methyl sites for hydroxylation is 1. The molecule has 1 heterocycles. The first kappa shape index (κ1) is 17.6. The molecule has 0 atom stereocenters. The molecule has 0 unspecified atom stereocenters. The Labute approximate surface area is 152 Å². The fraction of sp³-hybridized carbons (Fsp3) is 0.190. The van der Waals surface area contributed by atoms with Gasteiger partial charge in [-0.3, -0.25) is 9.59 Å². The maximum absolute atomic E-state index is 12.2. The first-order valence-electron chi connectivity index (χ1n) is 8.40. The summed E-state index contributed by atoms with van der Waals surface area (Å²) in [7, 11) is 0. The third-order valence-corrected chi connectivity index (χ3v) is 4.22. The Bertz CT molecular complexity index is 915. The number of nitrogens with zero attached hydrogens (tertiary/aromatic N) is 2. The first-order valence-corrected chi connectivity index (χ1v) is 8.40. The number of hydrogen-bond acceptors (Lipinski definition) is 4. The Morgan fingerprint density at radius 2 is 1.58 bits per heavy atom. The number of esters is 1. The quantitative estimate of drug-likeness (QED) is 0.506. The van der Waals surface area contributed by atoms with E-state index < -0.39 is 5.97 Å². The van der Waals surface area contributed by atoms with Gasteiger partial charge in [0.1, 0.15) is 0 Å². The summed E-state index contributed by atoms with van der Waals surface area (Å²) in [5.41, 5.74) is 3.96. The summed E-state index contributed by atoms with van der Waals surface area (Å²) in [6, 6.07) is 18.5. The van der Waals surface area contributed by atoms with E-state index in [2.05, 4.69) is 5.10 Å². The minimum atomic E-state index is -0.437. The van der Waals surface area contributed by atoms with Gasteiger partial charge < -0.3 is 4.74 Å². The molecule has 0 aliphatic heterocycles. The van der Waals surface area contributed by atoms with Gasteiger partial charge in [0.2, 0.25) is 0 Å². The van der Waals surface area contributed by atoms with E-state index in [0.717, 1.165) is 22.6 Å². The Kier molecular flexibility index (Phi) is 5.27. The van der Waals surface area contributed by atoms with Crippen LogP contribution in [0.3, 0.4) is 0 Å². The summed E-state index contributed by atoms with van der Waals surface area (Å²) in [4.78, 5) is 24.2. The highest BCUT2D eigenvalue weighted by Gasteiger charge is 2.17. The number of rotatable bonds is 6. The summed E-state index contributed by atoms with van der Waals surface area (Å²) < 4.78 is 6.97. The maximum atomic E-state index is 12.2. The van der Waals surface area contributed by atoms with E-state index >= 15 is 0 Å². The number of ether oxygens (including phenoxy) is 1. The Morgan fingerprint density at radius 1 is 0.962 bits per heavy atom. The molecule has 0 fully saturated rings. The highest BCUT2D eigenvalue weighted by Crippen LogP contribution is 2.18. The first-order chi connectivity index (χ1) is 12.6. The van der Waals surface area contributed by atoms with Crippen molar-refractivity contribution in [2.24, 2.45) is 0 Å². The van der Waals surface area contributed by atoms with Gasteiger partial charge in [-0.1, -0.05) is 48.5 Å². The predicted octanol–water partition coefficient (Wildman–Crippen LogP) is 3.46. The Morgan fingerprint density at radius 3 is 2.23 bits per heavy atom. The lowest BCUT2D eigenvalue weighted by atomic mass is 10.1. The van der Waals surface area contributed by atoms with Crippen molar-refractivity contribution in [1.29, 1.82) is 0 Å². The van der Waals surface area contributed by atoms with E-state index in [4.69, 9.17) is 4.74 Å². The summed E-state index contributed by atoms with van der Waals surface area (Å²) in [6.07, 6.45) is 0.0899. The molecular formula is C21H20N2O3. The van der Waals surface area contributed by atoms with Crippen LogP contribution < -0.4 is 0 Å². The Hall–Kier alpha value is -3.21. The standard InChI is InChI=1S/C21H20N2O3/c1-15-19(16(2)23(22-15)18-11-7-4-8-12-18)13-21(25)26-14-20(24)17-9-5-3-6-10-17/h3-12H,13-14H2,1-2H3. The van der Waals surface area contributed by atoms with Crippen LogP contribution in [0.15, 0.2) is 60.7 Å². The number of hydrogen-bond donors (Lipinski definition) is 0. The second-order valence-electron chi connectivity index (χ2n) is 6.02. The second-order valence-corrected chi connectivity index (χ2v) is 6.02. The average molecular weight is 348 g/mol. The number of carbonyl (C=O) groups excluding carboxylic acids is 2. The fourth-order valence-corrected chi connectivity index (χ4v) is 2.80. The van der Waals surface area contributed by atoms with Crippen LogP contribution in [0, 0.1) is 13.8 Å². The molecule has 0 radical (unpaired) electrons. The van der Waals surface area contributed by atoms with Crippen LogP contribution in [0.2, 0.25) is 0 Å². The maximum Gasteiger partial charge on any atom is 0.310 e. The summed E-state index contributed by atoms with van der Waals surface area (Å²) >= 11 is 0.